The average molecular weight is 373 g/mol. The number of hydrazone groups is 1. The second-order valence-electron chi connectivity index (χ2n) is 5.62. The number of rotatable bonds is 10. The van der Waals surface area contributed by atoms with Gasteiger partial charge in [0.25, 0.3) is 11.6 Å². The van der Waals surface area contributed by atoms with Crippen LogP contribution in [0.4, 0.5) is 17.6 Å². The third-order valence-electron chi connectivity index (χ3n) is 3.56. The molecule has 27 heavy (non-hydrogen) atoms. The van der Waals surface area contributed by atoms with Crippen molar-refractivity contribution < 1.29 is 9.66 Å². The Kier molecular flexibility index (Phi) is 7.41. The highest BCUT2D eigenvalue weighted by Gasteiger charge is 2.13. The van der Waals surface area contributed by atoms with Crippen molar-refractivity contribution in [2.45, 2.75) is 26.7 Å². The first-order valence-electron chi connectivity index (χ1n) is 8.66. The van der Waals surface area contributed by atoms with E-state index < -0.39 is 4.92 Å². The lowest BCUT2D eigenvalue weighted by Crippen LogP contribution is -2.27. The smallest absolute Gasteiger partial charge is 0.322 e. The number of methoxy groups -OCH3 is 1. The van der Waals surface area contributed by atoms with Gasteiger partial charge in [-0.15, -0.1) is 0 Å². The van der Waals surface area contributed by atoms with E-state index in [-0.39, 0.29) is 17.6 Å². The summed E-state index contributed by atoms with van der Waals surface area (Å²) in [6.45, 7) is 5.77. The molecule has 10 heteroatoms. The number of para-hydroxylation sites is 1. The zero-order valence-corrected chi connectivity index (χ0v) is 15.6. The van der Waals surface area contributed by atoms with Crippen LogP contribution in [0.15, 0.2) is 29.4 Å². The van der Waals surface area contributed by atoms with E-state index in [4.69, 9.17) is 4.74 Å². The Hall–Kier alpha value is -3.30. The normalized spacial score (nSPS) is 10.8. The van der Waals surface area contributed by atoms with Gasteiger partial charge in [0.15, 0.2) is 0 Å². The SMILES string of the molecule is CCCN(CCC)c1nc(NN=Cc2ccccc2[N+](=O)[O-])nc(OC)n1. The van der Waals surface area contributed by atoms with E-state index in [1.165, 1.54) is 19.4 Å². The van der Waals surface area contributed by atoms with Crippen molar-refractivity contribution in [1.82, 2.24) is 15.0 Å². The number of anilines is 2. The van der Waals surface area contributed by atoms with Crippen molar-refractivity contribution in [1.29, 1.82) is 0 Å². The van der Waals surface area contributed by atoms with E-state index in [1.807, 2.05) is 4.90 Å². The summed E-state index contributed by atoms with van der Waals surface area (Å²) in [6.07, 6.45) is 3.25. The number of nitro benzene ring substituents is 1. The number of nitrogens with one attached hydrogen (secondary N) is 1. The van der Waals surface area contributed by atoms with E-state index in [9.17, 15) is 10.1 Å². The van der Waals surface area contributed by atoms with Gasteiger partial charge in [-0.3, -0.25) is 10.1 Å². The van der Waals surface area contributed by atoms with Crippen LogP contribution in [0.2, 0.25) is 0 Å². The summed E-state index contributed by atoms with van der Waals surface area (Å²) < 4.78 is 5.15. The van der Waals surface area contributed by atoms with Crippen LogP contribution in [0.25, 0.3) is 0 Å². The van der Waals surface area contributed by atoms with Crippen molar-refractivity contribution in [3.63, 3.8) is 0 Å². The van der Waals surface area contributed by atoms with Gasteiger partial charge < -0.3 is 9.64 Å². The fourth-order valence-electron chi connectivity index (χ4n) is 2.40. The predicted octanol–water partition coefficient (Wildman–Crippen LogP) is 2.86. The van der Waals surface area contributed by atoms with Gasteiger partial charge in [-0.25, -0.2) is 5.43 Å². The Bertz CT molecular complexity index is 792. The zero-order valence-electron chi connectivity index (χ0n) is 15.6. The minimum atomic E-state index is -0.460. The molecule has 144 valence electrons. The molecule has 0 saturated carbocycles. The van der Waals surface area contributed by atoms with Crippen LogP contribution >= 0.6 is 0 Å². The topological polar surface area (TPSA) is 119 Å². The second-order valence-corrected chi connectivity index (χ2v) is 5.62. The Labute approximate surface area is 157 Å². The Morgan fingerprint density at radius 3 is 2.56 bits per heavy atom. The lowest BCUT2D eigenvalue weighted by molar-refractivity contribution is -0.385. The van der Waals surface area contributed by atoms with Gasteiger partial charge in [0.05, 0.1) is 23.8 Å². The number of nitrogens with zero attached hydrogens (tertiary/aromatic N) is 6. The molecule has 0 fully saturated rings. The fraction of sp³-hybridized carbons (Fsp3) is 0.412. The molecule has 0 aliphatic rings. The van der Waals surface area contributed by atoms with Gasteiger partial charge in [0.1, 0.15) is 0 Å². The standard InChI is InChI=1S/C17H23N7O3/c1-4-10-23(11-5-2)16-19-15(20-17(21-16)27-3)22-18-12-13-8-6-7-9-14(13)24(25)26/h6-9,12H,4-5,10-11H2,1-3H3,(H,19,20,21,22). The highest BCUT2D eigenvalue weighted by Crippen LogP contribution is 2.17. The van der Waals surface area contributed by atoms with Crippen LogP contribution in [0.1, 0.15) is 32.3 Å². The number of nitro groups is 1. The van der Waals surface area contributed by atoms with Crippen LogP contribution < -0.4 is 15.1 Å². The minimum absolute atomic E-state index is 0.0333. The maximum absolute atomic E-state index is 11.0. The van der Waals surface area contributed by atoms with Crippen molar-refractivity contribution in [3.05, 3.63) is 39.9 Å². The summed E-state index contributed by atoms with van der Waals surface area (Å²) in [5.41, 5.74) is 3.03. The van der Waals surface area contributed by atoms with Crippen LogP contribution in [0.5, 0.6) is 6.01 Å². The summed E-state index contributed by atoms with van der Waals surface area (Å²) in [5.74, 6) is 0.692. The zero-order chi connectivity index (χ0) is 19.6. The predicted molar refractivity (Wildman–Crippen MR) is 103 cm³/mol. The van der Waals surface area contributed by atoms with E-state index in [0.29, 0.717) is 11.5 Å². The molecule has 0 unspecified atom stereocenters. The van der Waals surface area contributed by atoms with Crippen molar-refractivity contribution in [2.75, 3.05) is 30.5 Å². The van der Waals surface area contributed by atoms with Crippen molar-refractivity contribution >= 4 is 23.8 Å². The molecule has 0 atom stereocenters. The van der Waals surface area contributed by atoms with Gasteiger partial charge >= 0.3 is 6.01 Å². The molecule has 0 radical (unpaired) electrons. The summed E-state index contributed by atoms with van der Waals surface area (Å²) in [4.78, 5) is 25.4. The first-order chi connectivity index (χ1) is 13.1. The molecule has 1 heterocycles. The number of benzene rings is 1. The average Bonchev–Trinajstić information content (AvgIpc) is 2.67. The molecule has 0 aliphatic carbocycles. The third kappa shape index (κ3) is 5.59. The highest BCUT2D eigenvalue weighted by atomic mass is 16.6. The molecule has 2 rings (SSSR count). The maximum Gasteiger partial charge on any atom is 0.322 e. The summed E-state index contributed by atoms with van der Waals surface area (Å²) in [6, 6.07) is 6.49. The molecule has 0 amide bonds. The molecule has 0 saturated heterocycles. The lowest BCUT2D eigenvalue weighted by atomic mass is 10.2. The lowest BCUT2D eigenvalue weighted by Gasteiger charge is -2.21. The Morgan fingerprint density at radius 1 is 1.22 bits per heavy atom. The summed E-state index contributed by atoms with van der Waals surface area (Å²) in [5, 5.41) is 15.1. The van der Waals surface area contributed by atoms with Gasteiger partial charge in [-0.2, -0.15) is 20.1 Å². The van der Waals surface area contributed by atoms with Gasteiger partial charge in [0.2, 0.25) is 5.95 Å². The van der Waals surface area contributed by atoms with E-state index in [1.54, 1.807) is 18.2 Å². The van der Waals surface area contributed by atoms with Gasteiger partial charge in [-0.1, -0.05) is 26.0 Å². The molecule has 0 bridgehead atoms. The second kappa shape index (κ2) is 10.00. The van der Waals surface area contributed by atoms with Crippen molar-refractivity contribution in [2.24, 2.45) is 5.10 Å². The monoisotopic (exact) mass is 373 g/mol. The molecule has 10 nitrogen and oxygen atoms in total. The molecule has 2 aromatic rings. The quantitative estimate of drug-likeness (QED) is 0.384. The molecule has 1 N–H and O–H groups in total. The number of ether oxygens (including phenoxy) is 1. The van der Waals surface area contributed by atoms with Crippen LogP contribution in [0, 0.1) is 10.1 Å². The van der Waals surface area contributed by atoms with E-state index >= 15 is 0 Å². The molecule has 1 aromatic carbocycles. The fourth-order valence-corrected chi connectivity index (χ4v) is 2.40. The van der Waals surface area contributed by atoms with Crippen LogP contribution in [-0.4, -0.2) is 46.3 Å². The van der Waals surface area contributed by atoms with Gasteiger partial charge in [0, 0.05) is 19.2 Å². The Morgan fingerprint density at radius 2 is 1.93 bits per heavy atom. The molecular formula is C17H23N7O3. The summed E-state index contributed by atoms with van der Waals surface area (Å²) in [7, 11) is 1.48. The highest BCUT2D eigenvalue weighted by molar-refractivity contribution is 5.85. The number of aromatic nitrogens is 3. The molecule has 0 aliphatic heterocycles. The molecular weight excluding hydrogens is 350 g/mol. The van der Waals surface area contributed by atoms with Crippen LogP contribution in [-0.2, 0) is 0 Å². The number of hydrogen-bond acceptors (Lipinski definition) is 9. The largest absolute Gasteiger partial charge is 0.467 e. The van der Waals surface area contributed by atoms with Crippen molar-refractivity contribution in [3.8, 4) is 6.01 Å². The number of hydrogen-bond donors (Lipinski definition) is 1. The van der Waals surface area contributed by atoms with Crippen LogP contribution in [0.3, 0.4) is 0 Å². The molecule has 0 spiro atoms. The van der Waals surface area contributed by atoms with E-state index in [0.717, 1.165) is 25.9 Å². The van der Waals surface area contributed by atoms with Gasteiger partial charge in [-0.05, 0) is 18.9 Å². The molecule has 1 aromatic heterocycles. The van der Waals surface area contributed by atoms with E-state index in [2.05, 4.69) is 39.3 Å². The first kappa shape index (κ1) is 20.0. The maximum atomic E-state index is 11.0. The third-order valence-corrected chi connectivity index (χ3v) is 3.56. The minimum Gasteiger partial charge on any atom is -0.467 e. The summed E-state index contributed by atoms with van der Waals surface area (Å²) >= 11 is 0. The Balaban J connectivity index is 2.23. The first-order valence-corrected chi connectivity index (χ1v) is 8.66.